The van der Waals surface area contributed by atoms with Crippen LogP contribution in [0, 0.1) is 12.7 Å². The summed E-state index contributed by atoms with van der Waals surface area (Å²) in [6.07, 6.45) is 0.186. The molecular formula is C12H13FN2O2. The number of benzene rings is 1. The molecule has 90 valence electrons. The van der Waals surface area contributed by atoms with Crippen LogP contribution in [-0.2, 0) is 4.79 Å². The number of carbonyl (C=O) groups is 2. The number of halogens is 1. The molecule has 0 radical (unpaired) electrons. The number of aryl methyl sites for hydroxylation is 1. The average Bonchev–Trinajstić information content (AvgIpc) is 2.61. The molecule has 1 aromatic carbocycles. The van der Waals surface area contributed by atoms with Crippen LogP contribution in [0.2, 0.25) is 0 Å². The van der Waals surface area contributed by atoms with E-state index in [-0.39, 0.29) is 30.7 Å². The maximum absolute atomic E-state index is 13.1. The lowest BCUT2D eigenvalue weighted by atomic mass is 10.1. The summed E-state index contributed by atoms with van der Waals surface area (Å²) in [5, 5.41) is 0. The second-order valence-electron chi connectivity index (χ2n) is 4.24. The van der Waals surface area contributed by atoms with Crippen molar-refractivity contribution in [3.05, 3.63) is 35.1 Å². The van der Waals surface area contributed by atoms with Gasteiger partial charge in [-0.05, 0) is 30.7 Å². The third kappa shape index (κ3) is 2.19. The van der Waals surface area contributed by atoms with Crippen molar-refractivity contribution in [3.63, 3.8) is 0 Å². The fourth-order valence-electron chi connectivity index (χ4n) is 1.87. The summed E-state index contributed by atoms with van der Waals surface area (Å²) in [7, 11) is 0. The lowest BCUT2D eigenvalue weighted by Crippen LogP contribution is -2.34. The fourth-order valence-corrected chi connectivity index (χ4v) is 1.87. The highest BCUT2D eigenvalue weighted by Crippen LogP contribution is 2.16. The van der Waals surface area contributed by atoms with Gasteiger partial charge >= 0.3 is 0 Å². The fraction of sp³-hybridized carbons (Fsp3) is 0.333. The summed E-state index contributed by atoms with van der Waals surface area (Å²) < 4.78 is 13.1. The smallest absolute Gasteiger partial charge is 0.260 e. The lowest BCUT2D eigenvalue weighted by Gasteiger charge is -2.14. The Labute approximate surface area is 98.2 Å². The van der Waals surface area contributed by atoms with Gasteiger partial charge in [0.05, 0.1) is 0 Å². The molecule has 1 aromatic rings. The minimum absolute atomic E-state index is 0.186. The van der Waals surface area contributed by atoms with E-state index in [4.69, 9.17) is 5.73 Å². The zero-order chi connectivity index (χ0) is 12.6. The van der Waals surface area contributed by atoms with Gasteiger partial charge in [-0.1, -0.05) is 0 Å². The van der Waals surface area contributed by atoms with Crippen molar-refractivity contribution in [2.24, 2.45) is 5.73 Å². The van der Waals surface area contributed by atoms with E-state index in [2.05, 4.69) is 0 Å². The van der Waals surface area contributed by atoms with Gasteiger partial charge < -0.3 is 5.73 Å². The lowest BCUT2D eigenvalue weighted by molar-refractivity contribution is -0.125. The van der Waals surface area contributed by atoms with Gasteiger partial charge in [0.25, 0.3) is 5.91 Å². The number of likely N-dealkylation sites (tertiary alicyclic amines) is 1. The molecule has 1 heterocycles. The van der Waals surface area contributed by atoms with Crippen LogP contribution >= 0.6 is 0 Å². The number of hydrogen-bond acceptors (Lipinski definition) is 3. The molecular weight excluding hydrogens is 223 g/mol. The van der Waals surface area contributed by atoms with Gasteiger partial charge in [-0.25, -0.2) is 4.39 Å². The van der Waals surface area contributed by atoms with Gasteiger partial charge in [-0.15, -0.1) is 0 Å². The Morgan fingerprint density at radius 1 is 1.53 bits per heavy atom. The molecule has 17 heavy (non-hydrogen) atoms. The van der Waals surface area contributed by atoms with E-state index in [0.717, 1.165) is 4.90 Å². The van der Waals surface area contributed by atoms with Crippen LogP contribution in [0.3, 0.4) is 0 Å². The highest BCUT2D eigenvalue weighted by molar-refractivity contribution is 6.06. The van der Waals surface area contributed by atoms with Crippen LogP contribution in [0.5, 0.6) is 0 Å². The number of nitrogens with zero attached hydrogens (tertiary/aromatic N) is 1. The minimum atomic E-state index is -0.411. The summed E-state index contributed by atoms with van der Waals surface area (Å²) in [5.41, 5.74) is 6.30. The van der Waals surface area contributed by atoms with Crippen molar-refractivity contribution < 1.29 is 14.0 Å². The second kappa shape index (κ2) is 4.25. The molecule has 1 aliphatic heterocycles. The van der Waals surface area contributed by atoms with Gasteiger partial charge in [-0.2, -0.15) is 0 Å². The zero-order valence-electron chi connectivity index (χ0n) is 9.44. The van der Waals surface area contributed by atoms with Crippen LogP contribution < -0.4 is 5.73 Å². The van der Waals surface area contributed by atoms with Crippen molar-refractivity contribution in [1.82, 2.24) is 4.90 Å². The van der Waals surface area contributed by atoms with Crippen molar-refractivity contribution >= 4 is 11.8 Å². The Bertz CT molecular complexity index is 487. The Balaban J connectivity index is 2.25. The monoisotopic (exact) mass is 236 g/mol. The van der Waals surface area contributed by atoms with Crippen LogP contribution in [0.4, 0.5) is 4.39 Å². The first-order valence-corrected chi connectivity index (χ1v) is 5.35. The third-order valence-electron chi connectivity index (χ3n) is 2.80. The van der Waals surface area contributed by atoms with E-state index in [1.165, 1.54) is 18.2 Å². The van der Waals surface area contributed by atoms with Crippen LogP contribution in [-0.4, -0.2) is 29.3 Å². The van der Waals surface area contributed by atoms with E-state index < -0.39 is 5.91 Å². The topological polar surface area (TPSA) is 63.4 Å². The largest absolute Gasteiger partial charge is 0.326 e. The normalized spacial score (nSPS) is 19.8. The highest BCUT2D eigenvalue weighted by atomic mass is 19.1. The molecule has 0 spiro atoms. The molecule has 0 bridgehead atoms. The number of hydrogen-bond donors (Lipinski definition) is 1. The van der Waals surface area contributed by atoms with Crippen molar-refractivity contribution in [1.29, 1.82) is 0 Å². The molecule has 4 nitrogen and oxygen atoms in total. The van der Waals surface area contributed by atoms with Crippen LogP contribution in [0.1, 0.15) is 22.3 Å². The molecule has 1 saturated heterocycles. The molecule has 2 amide bonds. The number of rotatable bonds is 1. The average molecular weight is 236 g/mol. The first kappa shape index (κ1) is 11.7. The SMILES string of the molecule is Cc1cc(C(=O)N2CC(N)CC2=O)ccc1F. The van der Waals surface area contributed by atoms with E-state index >= 15 is 0 Å². The standard InChI is InChI=1S/C12H13FN2O2/c1-7-4-8(2-3-10(7)13)12(17)15-6-9(14)5-11(15)16/h2-4,9H,5-6,14H2,1H3. The molecule has 1 atom stereocenters. The number of amides is 2. The molecule has 0 aliphatic carbocycles. The molecule has 1 unspecified atom stereocenters. The number of imide groups is 1. The van der Waals surface area contributed by atoms with E-state index in [0.29, 0.717) is 11.1 Å². The number of nitrogens with two attached hydrogens (primary N) is 1. The first-order chi connectivity index (χ1) is 7.99. The Morgan fingerprint density at radius 2 is 2.24 bits per heavy atom. The van der Waals surface area contributed by atoms with E-state index in [1.807, 2.05) is 0 Å². The van der Waals surface area contributed by atoms with Crippen molar-refractivity contribution in [3.8, 4) is 0 Å². The van der Waals surface area contributed by atoms with Gasteiger partial charge in [0.1, 0.15) is 5.82 Å². The summed E-state index contributed by atoms with van der Waals surface area (Å²) >= 11 is 0. The molecule has 5 heteroatoms. The molecule has 0 aromatic heterocycles. The molecule has 0 saturated carbocycles. The van der Waals surface area contributed by atoms with Gasteiger partial charge in [0.2, 0.25) is 5.91 Å². The van der Waals surface area contributed by atoms with Crippen molar-refractivity contribution in [2.45, 2.75) is 19.4 Å². The number of carbonyl (C=O) groups excluding carboxylic acids is 2. The van der Waals surface area contributed by atoms with Crippen LogP contribution in [0.15, 0.2) is 18.2 Å². The Kier molecular flexibility index (Phi) is 2.93. The highest BCUT2D eigenvalue weighted by Gasteiger charge is 2.32. The quantitative estimate of drug-likeness (QED) is 0.735. The van der Waals surface area contributed by atoms with Crippen LogP contribution in [0.25, 0.3) is 0 Å². The van der Waals surface area contributed by atoms with Gasteiger partial charge in [0, 0.05) is 24.6 Å². The summed E-state index contributed by atoms with van der Waals surface area (Å²) in [5.74, 6) is -1.05. The molecule has 2 rings (SSSR count). The Hall–Kier alpha value is -1.75. The van der Waals surface area contributed by atoms with E-state index in [1.54, 1.807) is 6.92 Å². The maximum atomic E-state index is 13.1. The third-order valence-corrected chi connectivity index (χ3v) is 2.80. The predicted octanol–water partition coefficient (Wildman–Crippen LogP) is 0.834. The zero-order valence-corrected chi connectivity index (χ0v) is 9.44. The first-order valence-electron chi connectivity index (χ1n) is 5.35. The molecule has 1 fully saturated rings. The van der Waals surface area contributed by atoms with E-state index in [9.17, 15) is 14.0 Å². The minimum Gasteiger partial charge on any atom is -0.326 e. The molecule has 2 N–H and O–H groups in total. The summed E-state index contributed by atoms with van der Waals surface area (Å²) in [6.45, 7) is 1.80. The van der Waals surface area contributed by atoms with Gasteiger partial charge in [0.15, 0.2) is 0 Å². The van der Waals surface area contributed by atoms with Crippen molar-refractivity contribution in [2.75, 3.05) is 6.54 Å². The predicted molar refractivity (Wildman–Crippen MR) is 59.8 cm³/mol. The molecule has 1 aliphatic rings. The summed E-state index contributed by atoms with van der Waals surface area (Å²) in [6, 6.07) is 3.74. The second-order valence-corrected chi connectivity index (χ2v) is 4.24. The van der Waals surface area contributed by atoms with Gasteiger partial charge in [-0.3, -0.25) is 14.5 Å². The summed E-state index contributed by atoms with van der Waals surface area (Å²) in [4.78, 5) is 24.6. The Morgan fingerprint density at radius 3 is 2.76 bits per heavy atom. The maximum Gasteiger partial charge on any atom is 0.260 e.